The Kier molecular flexibility index (Phi) is 5.63. The van der Waals surface area contributed by atoms with Crippen LogP contribution in [-0.2, 0) is 11.2 Å². The standard InChI is InChI=1S/C16H26N2O4/c1-7-11-8-9-12(21-11)13(19)18-16(5,6)10-17-14(20)22-15(2,3)4/h8-9H,7,10H2,1-6H3,(H,17,20)(H,18,19). The molecule has 124 valence electrons. The first-order valence-corrected chi connectivity index (χ1v) is 7.40. The topological polar surface area (TPSA) is 80.6 Å². The monoisotopic (exact) mass is 310 g/mol. The normalized spacial score (nSPS) is 11.9. The maximum atomic E-state index is 12.1. The lowest BCUT2D eigenvalue weighted by Gasteiger charge is -2.27. The van der Waals surface area contributed by atoms with Gasteiger partial charge in [0, 0.05) is 13.0 Å². The average Bonchev–Trinajstić information content (AvgIpc) is 2.83. The average molecular weight is 310 g/mol. The quantitative estimate of drug-likeness (QED) is 0.876. The van der Waals surface area contributed by atoms with Crippen LogP contribution in [0.5, 0.6) is 0 Å². The van der Waals surface area contributed by atoms with Gasteiger partial charge in [-0.1, -0.05) is 6.92 Å². The molecule has 0 bridgehead atoms. The van der Waals surface area contributed by atoms with E-state index in [0.29, 0.717) is 0 Å². The number of furan rings is 1. The summed E-state index contributed by atoms with van der Waals surface area (Å²) in [4.78, 5) is 23.8. The van der Waals surface area contributed by atoms with Crippen molar-refractivity contribution in [2.75, 3.05) is 6.54 Å². The van der Waals surface area contributed by atoms with E-state index in [2.05, 4.69) is 10.6 Å². The SMILES string of the molecule is CCc1ccc(C(=O)NC(C)(C)CNC(=O)OC(C)(C)C)o1. The number of hydrogen-bond donors (Lipinski definition) is 2. The van der Waals surface area contributed by atoms with Crippen LogP contribution in [-0.4, -0.2) is 29.7 Å². The third-order valence-corrected chi connectivity index (χ3v) is 2.76. The first-order valence-electron chi connectivity index (χ1n) is 7.40. The minimum absolute atomic E-state index is 0.245. The molecule has 0 radical (unpaired) electrons. The summed E-state index contributed by atoms with van der Waals surface area (Å²) in [7, 11) is 0. The van der Waals surface area contributed by atoms with E-state index < -0.39 is 17.2 Å². The van der Waals surface area contributed by atoms with Gasteiger partial charge in [0.2, 0.25) is 0 Å². The third kappa shape index (κ3) is 6.20. The molecule has 6 heteroatoms. The molecule has 0 aromatic carbocycles. The molecule has 1 heterocycles. The molecule has 0 aliphatic carbocycles. The highest BCUT2D eigenvalue weighted by Gasteiger charge is 2.25. The van der Waals surface area contributed by atoms with Gasteiger partial charge in [0.05, 0.1) is 5.54 Å². The van der Waals surface area contributed by atoms with Crippen LogP contribution in [0.15, 0.2) is 16.5 Å². The Bertz CT molecular complexity index is 526. The van der Waals surface area contributed by atoms with Crippen LogP contribution in [0.4, 0.5) is 4.79 Å². The molecule has 1 rings (SSSR count). The van der Waals surface area contributed by atoms with Gasteiger partial charge >= 0.3 is 6.09 Å². The Balaban J connectivity index is 2.52. The smallest absolute Gasteiger partial charge is 0.407 e. The summed E-state index contributed by atoms with van der Waals surface area (Å²) in [5, 5.41) is 5.47. The lowest BCUT2D eigenvalue weighted by atomic mass is 10.1. The number of aryl methyl sites for hydroxylation is 1. The summed E-state index contributed by atoms with van der Waals surface area (Å²) < 4.78 is 10.6. The molecule has 0 spiro atoms. The van der Waals surface area contributed by atoms with Gasteiger partial charge in [-0.25, -0.2) is 4.79 Å². The molecule has 0 saturated carbocycles. The Morgan fingerprint density at radius 1 is 1.18 bits per heavy atom. The highest BCUT2D eigenvalue weighted by molar-refractivity contribution is 5.92. The number of nitrogens with one attached hydrogen (secondary N) is 2. The number of hydrogen-bond acceptors (Lipinski definition) is 4. The van der Waals surface area contributed by atoms with Crippen molar-refractivity contribution >= 4 is 12.0 Å². The van der Waals surface area contributed by atoms with Crippen molar-refractivity contribution in [3.05, 3.63) is 23.7 Å². The van der Waals surface area contributed by atoms with Gasteiger partial charge in [0.15, 0.2) is 5.76 Å². The van der Waals surface area contributed by atoms with Crippen LogP contribution in [0.25, 0.3) is 0 Å². The second-order valence-electron chi connectivity index (χ2n) is 6.81. The molecule has 0 aliphatic rings. The molecular weight excluding hydrogens is 284 g/mol. The highest BCUT2D eigenvalue weighted by Crippen LogP contribution is 2.11. The maximum Gasteiger partial charge on any atom is 0.407 e. The van der Waals surface area contributed by atoms with Crippen molar-refractivity contribution in [1.29, 1.82) is 0 Å². The summed E-state index contributed by atoms with van der Waals surface area (Å²) in [5.74, 6) is 0.715. The van der Waals surface area contributed by atoms with Crippen molar-refractivity contribution in [1.82, 2.24) is 10.6 Å². The number of carbonyl (C=O) groups excluding carboxylic acids is 2. The summed E-state index contributed by atoms with van der Waals surface area (Å²) in [6, 6.07) is 3.42. The van der Waals surface area contributed by atoms with E-state index in [1.807, 2.05) is 20.8 Å². The Morgan fingerprint density at radius 2 is 1.82 bits per heavy atom. The lowest BCUT2D eigenvalue weighted by molar-refractivity contribution is 0.0509. The molecule has 2 N–H and O–H groups in total. The van der Waals surface area contributed by atoms with Crippen LogP contribution in [0, 0.1) is 0 Å². The number of alkyl carbamates (subject to hydrolysis) is 1. The Labute approximate surface area is 131 Å². The van der Waals surface area contributed by atoms with Crippen molar-refractivity contribution in [2.45, 2.75) is 59.1 Å². The molecule has 0 fully saturated rings. The Hall–Kier alpha value is -1.98. The fraction of sp³-hybridized carbons (Fsp3) is 0.625. The molecule has 0 aliphatic heterocycles. The van der Waals surface area contributed by atoms with Gasteiger partial charge in [-0.05, 0) is 46.8 Å². The highest BCUT2D eigenvalue weighted by atomic mass is 16.6. The number of amides is 2. The van der Waals surface area contributed by atoms with Gasteiger partial charge in [-0.3, -0.25) is 4.79 Å². The predicted molar refractivity (Wildman–Crippen MR) is 83.9 cm³/mol. The van der Waals surface area contributed by atoms with Crippen LogP contribution >= 0.6 is 0 Å². The summed E-state index contributed by atoms with van der Waals surface area (Å²) in [5.41, 5.74) is -1.19. The molecule has 0 unspecified atom stereocenters. The molecule has 1 aromatic rings. The van der Waals surface area contributed by atoms with Gasteiger partial charge in [-0.15, -0.1) is 0 Å². The van der Waals surface area contributed by atoms with Crippen LogP contribution < -0.4 is 10.6 Å². The minimum atomic E-state index is -0.632. The zero-order valence-electron chi connectivity index (χ0n) is 14.2. The van der Waals surface area contributed by atoms with Crippen LogP contribution in [0.3, 0.4) is 0 Å². The van der Waals surface area contributed by atoms with E-state index in [9.17, 15) is 9.59 Å². The Morgan fingerprint density at radius 3 is 2.32 bits per heavy atom. The lowest BCUT2D eigenvalue weighted by Crippen LogP contribution is -2.52. The molecule has 2 amide bonds. The van der Waals surface area contributed by atoms with E-state index in [1.165, 1.54) is 0 Å². The number of carbonyl (C=O) groups is 2. The van der Waals surface area contributed by atoms with Crippen LogP contribution in [0.2, 0.25) is 0 Å². The zero-order valence-corrected chi connectivity index (χ0v) is 14.2. The van der Waals surface area contributed by atoms with Crippen molar-refractivity contribution in [3.8, 4) is 0 Å². The van der Waals surface area contributed by atoms with Gasteiger partial charge in [-0.2, -0.15) is 0 Å². The van der Waals surface area contributed by atoms with E-state index in [4.69, 9.17) is 9.15 Å². The van der Waals surface area contributed by atoms with E-state index in [0.717, 1.165) is 12.2 Å². The fourth-order valence-electron chi connectivity index (χ4n) is 1.71. The van der Waals surface area contributed by atoms with E-state index in [1.54, 1.807) is 32.9 Å². The largest absolute Gasteiger partial charge is 0.456 e. The minimum Gasteiger partial charge on any atom is -0.456 e. The van der Waals surface area contributed by atoms with Crippen LogP contribution in [0.1, 0.15) is 57.9 Å². The summed E-state index contributed by atoms with van der Waals surface area (Å²) in [6.45, 7) is 11.2. The second-order valence-corrected chi connectivity index (χ2v) is 6.81. The molecule has 0 saturated heterocycles. The number of rotatable bonds is 5. The number of ether oxygens (including phenoxy) is 1. The zero-order chi connectivity index (χ0) is 17.0. The van der Waals surface area contributed by atoms with Gasteiger partial charge < -0.3 is 19.8 Å². The van der Waals surface area contributed by atoms with Gasteiger partial charge in [0.1, 0.15) is 11.4 Å². The van der Waals surface area contributed by atoms with Crippen molar-refractivity contribution < 1.29 is 18.7 Å². The molecule has 22 heavy (non-hydrogen) atoms. The third-order valence-electron chi connectivity index (χ3n) is 2.76. The maximum absolute atomic E-state index is 12.1. The molecule has 0 atom stereocenters. The van der Waals surface area contributed by atoms with E-state index in [-0.39, 0.29) is 18.2 Å². The predicted octanol–water partition coefficient (Wildman–Crippen LogP) is 2.88. The summed E-state index contributed by atoms with van der Waals surface area (Å²) >= 11 is 0. The van der Waals surface area contributed by atoms with Crippen molar-refractivity contribution in [2.24, 2.45) is 0 Å². The van der Waals surface area contributed by atoms with E-state index >= 15 is 0 Å². The summed E-state index contributed by atoms with van der Waals surface area (Å²) in [6.07, 6.45) is 0.220. The fourth-order valence-corrected chi connectivity index (χ4v) is 1.71. The molecule has 6 nitrogen and oxygen atoms in total. The second kappa shape index (κ2) is 6.85. The van der Waals surface area contributed by atoms with Gasteiger partial charge in [0.25, 0.3) is 5.91 Å². The first-order chi connectivity index (χ1) is 10.0. The van der Waals surface area contributed by atoms with Crippen molar-refractivity contribution in [3.63, 3.8) is 0 Å². The molecule has 1 aromatic heterocycles. The molecular formula is C16H26N2O4. The first kappa shape index (κ1) is 18.1.